The lowest BCUT2D eigenvalue weighted by Gasteiger charge is -2.13. The number of aromatic nitrogens is 1. The fourth-order valence-corrected chi connectivity index (χ4v) is 2.13. The Kier molecular flexibility index (Phi) is 2.58. The van der Waals surface area contributed by atoms with Crippen LogP contribution in [-0.4, -0.2) is 33.9 Å². The maximum absolute atomic E-state index is 11.9. The van der Waals surface area contributed by atoms with Crippen LogP contribution in [0.5, 0.6) is 0 Å². The summed E-state index contributed by atoms with van der Waals surface area (Å²) in [4.78, 5) is 14.1. The van der Waals surface area contributed by atoms with Gasteiger partial charge >= 0.3 is 0 Å². The van der Waals surface area contributed by atoms with Crippen molar-refractivity contribution in [2.24, 2.45) is 0 Å². The Balaban J connectivity index is 2.13. The molecule has 1 atom stereocenters. The molecule has 1 aromatic heterocycles. The highest BCUT2D eigenvalue weighted by Crippen LogP contribution is 2.19. The van der Waals surface area contributed by atoms with E-state index in [4.69, 9.17) is 4.52 Å². The van der Waals surface area contributed by atoms with E-state index < -0.39 is 0 Å². The van der Waals surface area contributed by atoms with Crippen LogP contribution >= 0.6 is 15.9 Å². The van der Waals surface area contributed by atoms with Gasteiger partial charge in [-0.15, -0.1) is 0 Å². The smallest absolute Gasteiger partial charge is 0.259 e. The molecule has 0 spiro atoms. The molecule has 1 aliphatic rings. The number of hydrogen-bond donors (Lipinski definition) is 0. The second kappa shape index (κ2) is 3.73. The molecule has 1 aliphatic heterocycles. The number of nitrogens with zero attached hydrogens (tertiary/aromatic N) is 2. The third-order valence-corrected chi connectivity index (χ3v) is 3.15. The molecule has 0 aromatic carbocycles. The molecule has 0 saturated carbocycles. The summed E-state index contributed by atoms with van der Waals surface area (Å²) in [5.74, 6) is 0.610. The lowest BCUT2D eigenvalue weighted by Crippen LogP contribution is -2.28. The molecule has 1 aromatic rings. The molecule has 1 amide bonds. The summed E-state index contributed by atoms with van der Waals surface area (Å²) in [7, 11) is 0. The molecule has 5 heteroatoms. The van der Waals surface area contributed by atoms with Gasteiger partial charge in [-0.05, 0) is 13.3 Å². The Morgan fingerprint density at radius 2 is 2.57 bits per heavy atom. The first-order valence-electron chi connectivity index (χ1n) is 4.53. The lowest BCUT2D eigenvalue weighted by molar-refractivity contribution is 0.0791. The minimum atomic E-state index is 0.0192. The average molecular weight is 259 g/mol. The number of aryl methyl sites for hydroxylation is 1. The van der Waals surface area contributed by atoms with Crippen LogP contribution in [-0.2, 0) is 0 Å². The number of rotatable bonds is 1. The zero-order chi connectivity index (χ0) is 10.1. The highest BCUT2D eigenvalue weighted by molar-refractivity contribution is 9.09. The van der Waals surface area contributed by atoms with Crippen LogP contribution in [0, 0.1) is 6.92 Å². The number of hydrogen-bond acceptors (Lipinski definition) is 3. The van der Waals surface area contributed by atoms with Gasteiger partial charge in [0.2, 0.25) is 0 Å². The van der Waals surface area contributed by atoms with Crippen LogP contribution < -0.4 is 0 Å². The monoisotopic (exact) mass is 258 g/mol. The molecule has 1 saturated heterocycles. The van der Waals surface area contributed by atoms with Gasteiger partial charge in [0.25, 0.3) is 5.91 Å². The third kappa shape index (κ3) is 1.68. The predicted molar refractivity (Wildman–Crippen MR) is 54.5 cm³/mol. The Labute approximate surface area is 90.4 Å². The van der Waals surface area contributed by atoms with E-state index in [9.17, 15) is 4.79 Å². The summed E-state index contributed by atoms with van der Waals surface area (Å²) in [5, 5.41) is 3.60. The van der Waals surface area contributed by atoms with Gasteiger partial charge in [0.15, 0.2) is 0 Å². The summed E-state index contributed by atoms with van der Waals surface area (Å²) < 4.78 is 4.86. The largest absolute Gasteiger partial charge is 0.361 e. The van der Waals surface area contributed by atoms with Crippen LogP contribution in [0.4, 0.5) is 0 Å². The van der Waals surface area contributed by atoms with Crippen molar-refractivity contribution in [3.8, 4) is 0 Å². The van der Waals surface area contributed by atoms with E-state index in [0.717, 1.165) is 19.5 Å². The molecule has 0 aliphatic carbocycles. The van der Waals surface area contributed by atoms with Crippen LogP contribution in [0.1, 0.15) is 22.5 Å². The second-order valence-corrected chi connectivity index (χ2v) is 4.73. The van der Waals surface area contributed by atoms with E-state index in [1.54, 1.807) is 6.92 Å². The summed E-state index contributed by atoms with van der Waals surface area (Å²) >= 11 is 3.50. The third-order valence-electron chi connectivity index (χ3n) is 2.40. The highest BCUT2D eigenvalue weighted by atomic mass is 79.9. The average Bonchev–Trinajstić information content (AvgIpc) is 2.73. The minimum Gasteiger partial charge on any atom is -0.361 e. The van der Waals surface area contributed by atoms with Crippen LogP contribution in [0.15, 0.2) is 10.7 Å². The van der Waals surface area contributed by atoms with Gasteiger partial charge in [-0.3, -0.25) is 4.79 Å². The normalized spacial score (nSPS) is 21.6. The van der Waals surface area contributed by atoms with Gasteiger partial charge in [-0.25, -0.2) is 0 Å². The maximum atomic E-state index is 11.9. The number of alkyl halides is 1. The van der Waals surface area contributed by atoms with Crippen LogP contribution in [0.25, 0.3) is 0 Å². The Bertz CT molecular complexity index is 350. The molecule has 2 heterocycles. The number of halogens is 1. The highest BCUT2D eigenvalue weighted by Gasteiger charge is 2.27. The van der Waals surface area contributed by atoms with Crippen molar-refractivity contribution >= 4 is 21.8 Å². The maximum Gasteiger partial charge on any atom is 0.259 e. The molecule has 2 rings (SSSR count). The van der Waals surface area contributed by atoms with Crippen molar-refractivity contribution in [1.29, 1.82) is 0 Å². The van der Waals surface area contributed by atoms with Gasteiger partial charge in [0.05, 0.1) is 6.20 Å². The predicted octanol–water partition coefficient (Wildman–Crippen LogP) is 1.59. The number of likely N-dealkylation sites (tertiary alicyclic amines) is 1. The molecule has 0 N–H and O–H groups in total. The van der Waals surface area contributed by atoms with Crippen molar-refractivity contribution < 1.29 is 9.32 Å². The molecule has 14 heavy (non-hydrogen) atoms. The van der Waals surface area contributed by atoms with E-state index in [-0.39, 0.29) is 5.91 Å². The fraction of sp³-hybridized carbons (Fsp3) is 0.556. The van der Waals surface area contributed by atoms with Crippen molar-refractivity contribution in [2.75, 3.05) is 13.1 Å². The van der Waals surface area contributed by atoms with Crippen LogP contribution in [0.2, 0.25) is 0 Å². The molecule has 0 radical (unpaired) electrons. The van der Waals surface area contributed by atoms with Gasteiger partial charge in [-0.2, -0.15) is 0 Å². The first-order valence-corrected chi connectivity index (χ1v) is 5.44. The SMILES string of the molecule is Cc1oncc1C(=O)N1CCC(Br)C1. The van der Waals surface area contributed by atoms with Gasteiger partial charge in [0.1, 0.15) is 11.3 Å². The van der Waals surface area contributed by atoms with E-state index in [1.807, 2.05) is 4.90 Å². The number of amides is 1. The molecular weight excluding hydrogens is 248 g/mol. The molecular formula is C9H11BrN2O2. The Morgan fingerprint density at radius 3 is 3.07 bits per heavy atom. The van der Waals surface area contributed by atoms with Gasteiger partial charge < -0.3 is 9.42 Å². The van der Waals surface area contributed by atoms with E-state index in [1.165, 1.54) is 6.20 Å². The standard InChI is InChI=1S/C9H11BrN2O2/c1-6-8(4-11-14-6)9(13)12-3-2-7(10)5-12/h4,7H,2-3,5H2,1H3. The van der Waals surface area contributed by atoms with E-state index >= 15 is 0 Å². The van der Waals surface area contributed by atoms with Gasteiger partial charge in [-0.1, -0.05) is 21.1 Å². The Hall–Kier alpha value is -0.840. The molecule has 4 nitrogen and oxygen atoms in total. The number of carbonyl (C=O) groups excluding carboxylic acids is 1. The lowest BCUT2D eigenvalue weighted by atomic mass is 10.2. The molecule has 76 valence electrons. The van der Waals surface area contributed by atoms with Crippen molar-refractivity contribution in [3.05, 3.63) is 17.5 Å². The molecule has 0 bridgehead atoms. The summed E-state index contributed by atoms with van der Waals surface area (Å²) in [5.41, 5.74) is 0.576. The topological polar surface area (TPSA) is 46.3 Å². The molecule has 1 fully saturated rings. The van der Waals surface area contributed by atoms with Crippen molar-refractivity contribution in [1.82, 2.24) is 10.1 Å². The van der Waals surface area contributed by atoms with Crippen molar-refractivity contribution in [3.63, 3.8) is 0 Å². The van der Waals surface area contributed by atoms with Crippen LogP contribution in [0.3, 0.4) is 0 Å². The van der Waals surface area contributed by atoms with Gasteiger partial charge in [0, 0.05) is 17.9 Å². The zero-order valence-corrected chi connectivity index (χ0v) is 9.45. The zero-order valence-electron chi connectivity index (χ0n) is 7.86. The molecule has 1 unspecified atom stereocenters. The fourth-order valence-electron chi connectivity index (χ4n) is 1.58. The first kappa shape index (κ1) is 9.71. The van der Waals surface area contributed by atoms with Crippen molar-refractivity contribution in [2.45, 2.75) is 18.2 Å². The quantitative estimate of drug-likeness (QED) is 0.719. The second-order valence-electron chi connectivity index (χ2n) is 3.43. The summed E-state index contributed by atoms with van der Waals surface area (Å²) in [6.07, 6.45) is 2.50. The first-order chi connectivity index (χ1) is 6.68. The van der Waals surface area contributed by atoms with E-state index in [0.29, 0.717) is 16.2 Å². The summed E-state index contributed by atoms with van der Waals surface area (Å²) in [6, 6.07) is 0. The minimum absolute atomic E-state index is 0.0192. The number of carbonyl (C=O) groups is 1. The summed E-state index contributed by atoms with van der Waals surface area (Å²) in [6.45, 7) is 3.32. The van der Waals surface area contributed by atoms with E-state index in [2.05, 4.69) is 21.1 Å². The Morgan fingerprint density at radius 1 is 1.79 bits per heavy atom.